The molecule has 4 rings (SSSR count). The Morgan fingerprint density at radius 1 is 1.36 bits per heavy atom. The van der Waals surface area contributed by atoms with Crippen LogP contribution in [0.1, 0.15) is 37.4 Å². The zero-order chi connectivity index (χ0) is 17.4. The van der Waals surface area contributed by atoms with Crippen molar-refractivity contribution < 1.29 is 0 Å². The fourth-order valence-electron chi connectivity index (χ4n) is 3.34. The first-order chi connectivity index (χ1) is 12.1. The number of nitrogens with one attached hydrogen (secondary N) is 1. The van der Waals surface area contributed by atoms with Crippen LogP contribution in [0.15, 0.2) is 39.6 Å². The maximum absolute atomic E-state index is 12.1. The highest BCUT2D eigenvalue weighted by Crippen LogP contribution is 2.44. The summed E-state index contributed by atoms with van der Waals surface area (Å²) in [5, 5.41) is 8.60. The summed E-state index contributed by atoms with van der Waals surface area (Å²) in [6.45, 7) is 2.81. The summed E-state index contributed by atoms with van der Waals surface area (Å²) >= 11 is 5.01. The van der Waals surface area contributed by atoms with E-state index in [9.17, 15) is 4.79 Å². The first-order valence-electron chi connectivity index (χ1n) is 8.49. The molecule has 0 unspecified atom stereocenters. The van der Waals surface area contributed by atoms with Gasteiger partial charge < -0.3 is 5.32 Å². The molecular formula is C18H19BrN4OS. The molecule has 130 valence electrons. The Labute approximate surface area is 158 Å². The first kappa shape index (κ1) is 16.7. The first-order valence-corrected chi connectivity index (χ1v) is 10.1. The molecule has 1 aliphatic carbocycles. The van der Waals surface area contributed by atoms with Gasteiger partial charge in [-0.05, 0) is 37.0 Å². The van der Waals surface area contributed by atoms with E-state index in [1.165, 1.54) is 40.7 Å². The van der Waals surface area contributed by atoms with Crippen molar-refractivity contribution in [1.82, 2.24) is 14.6 Å². The molecule has 0 bridgehead atoms. The van der Waals surface area contributed by atoms with Crippen LogP contribution in [0.2, 0.25) is 0 Å². The number of hydrogen-bond acceptors (Lipinski definition) is 5. The van der Waals surface area contributed by atoms with Crippen molar-refractivity contribution in [1.29, 1.82) is 0 Å². The summed E-state index contributed by atoms with van der Waals surface area (Å²) in [6.07, 6.45) is 4.33. The van der Waals surface area contributed by atoms with Gasteiger partial charge in [0.1, 0.15) is 0 Å². The van der Waals surface area contributed by atoms with E-state index < -0.39 is 0 Å². The molecular weight excluding hydrogens is 400 g/mol. The molecule has 2 heterocycles. The fourth-order valence-corrected chi connectivity index (χ4v) is 4.56. The number of halogens is 1. The van der Waals surface area contributed by atoms with Crippen LogP contribution in [0.4, 0.5) is 5.13 Å². The molecule has 0 aliphatic heterocycles. The largest absolute Gasteiger partial charge is 0.359 e. The molecule has 3 aromatic rings. The molecule has 1 aromatic carbocycles. The second-order valence-corrected chi connectivity index (χ2v) is 8.41. The van der Waals surface area contributed by atoms with E-state index in [4.69, 9.17) is 0 Å². The molecule has 0 amide bonds. The molecule has 0 spiro atoms. The van der Waals surface area contributed by atoms with Gasteiger partial charge in [0, 0.05) is 28.2 Å². The fraction of sp³-hybridized carbons (Fsp3) is 0.389. The van der Waals surface area contributed by atoms with E-state index in [0.29, 0.717) is 4.96 Å². The van der Waals surface area contributed by atoms with Gasteiger partial charge in [0.05, 0.1) is 0 Å². The lowest BCUT2D eigenvalue weighted by molar-refractivity contribution is 0.260. The second-order valence-electron chi connectivity index (χ2n) is 6.54. The predicted octanol–water partition coefficient (Wildman–Crippen LogP) is 4.01. The SMILES string of the molecule is CCc1cc(=O)n2nc(NCC3(c4cccc(Br)c4)CCC3)sc2n1. The summed E-state index contributed by atoms with van der Waals surface area (Å²) in [5.74, 6) is 0. The average molecular weight is 419 g/mol. The average Bonchev–Trinajstić information content (AvgIpc) is 2.97. The number of anilines is 1. The quantitative estimate of drug-likeness (QED) is 0.679. The topological polar surface area (TPSA) is 59.3 Å². The summed E-state index contributed by atoms with van der Waals surface area (Å²) in [4.78, 5) is 17.3. The number of fused-ring (bicyclic) bond motifs is 1. The molecule has 0 saturated heterocycles. The Morgan fingerprint density at radius 3 is 2.88 bits per heavy atom. The standard InChI is InChI=1S/C18H19BrN4OS/c1-2-14-10-15(24)23-17(21-14)25-16(22-23)20-11-18(7-4-8-18)12-5-3-6-13(19)9-12/h3,5-6,9-10H,2,4,7-8,11H2,1H3,(H,20,22). The van der Waals surface area contributed by atoms with Crippen molar-refractivity contribution in [3.05, 3.63) is 56.4 Å². The van der Waals surface area contributed by atoms with Crippen LogP contribution in [-0.2, 0) is 11.8 Å². The summed E-state index contributed by atoms with van der Waals surface area (Å²) < 4.78 is 2.50. The van der Waals surface area contributed by atoms with E-state index >= 15 is 0 Å². The van der Waals surface area contributed by atoms with Crippen LogP contribution in [0, 0.1) is 0 Å². The highest BCUT2D eigenvalue weighted by molar-refractivity contribution is 9.10. The van der Waals surface area contributed by atoms with Gasteiger partial charge in [-0.25, -0.2) is 4.98 Å². The lowest BCUT2D eigenvalue weighted by Crippen LogP contribution is -2.41. The Balaban J connectivity index is 1.59. The molecule has 2 aromatic heterocycles. The van der Waals surface area contributed by atoms with Crippen LogP contribution in [0.5, 0.6) is 0 Å². The number of nitrogens with zero attached hydrogens (tertiary/aromatic N) is 3. The minimum absolute atomic E-state index is 0.114. The van der Waals surface area contributed by atoms with E-state index in [1.807, 2.05) is 6.92 Å². The molecule has 1 aliphatic rings. The molecule has 5 nitrogen and oxygen atoms in total. The maximum Gasteiger partial charge on any atom is 0.275 e. The van der Waals surface area contributed by atoms with Gasteiger partial charge >= 0.3 is 0 Å². The molecule has 25 heavy (non-hydrogen) atoms. The number of benzene rings is 1. The van der Waals surface area contributed by atoms with Gasteiger partial charge in [-0.2, -0.15) is 4.52 Å². The van der Waals surface area contributed by atoms with Gasteiger partial charge in [0.15, 0.2) is 0 Å². The molecule has 1 N–H and O–H groups in total. The maximum atomic E-state index is 12.1. The number of hydrogen-bond donors (Lipinski definition) is 1. The van der Waals surface area contributed by atoms with Crippen molar-refractivity contribution in [3.8, 4) is 0 Å². The summed E-state index contributed by atoms with van der Waals surface area (Å²) in [6, 6.07) is 10.1. The molecule has 1 fully saturated rings. The Bertz CT molecular complexity index is 977. The minimum atomic E-state index is -0.114. The smallest absolute Gasteiger partial charge is 0.275 e. The van der Waals surface area contributed by atoms with Gasteiger partial charge in [-0.3, -0.25) is 4.79 Å². The van der Waals surface area contributed by atoms with Crippen LogP contribution in [-0.4, -0.2) is 21.1 Å². The van der Waals surface area contributed by atoms with Crippen molar-refractivity contribution in [3.63, 3.8) is 0 Å². The monoisotopic (exact) mass is 418 g/mol. The number of aromatic nitrogens is 3. The normalized spacial score (nSPS) is 15.9. The third-order valence-electron chi connectivity index (χ3n) is 4.99. The van der Waals surface area contributed by atoms with Gasteiger partial charge in [0.2, 0.25) is 10.1 Å². The highest BCUT2D eigenvalue weighted by Gasteiger charge is 2.38. The van der Waals surface area contributed by atoms with E-state index in [2.05, 4.69) is 55.6 Å². The third kappa shape index (κ3) is 3.11. The predicted molar refractivity (Wildman–Crippen MR) is 105 cm³/mol. The third-order valence-corrected chi connectivity index (χ3v) is 6.35. The van der Waals surface area contributed by atoms with Crippen molar-refractivity contribution >= 4 is 37.4 Å². The number of aryl methyl sites for hydroxylation is 1. The molecule has 7 heteroatoms. The Morgan fingerprint density at radius 2 is 2.20 bits per heavy atom. The van der Waals surface area contributed by atoms with Crippen LogP contribution in [0.3, 0.4) is 0 Å². The van der Waals surface area contributed by atoms with Crippen molar-refractivity contribution in [2.75, 3.05) is 11.9 Å². The highest BCUT2D eigenvalue weighted by atomic mass is 79.9. The van der Waals surface area contributed by atoms with Crippen LogP contribution in [0.25, 0.3) is 4.96 Å². The zero-order valence-corrected chi connectivity index (χ0v) is 16.4. The van der Waals surface area contributed by atoms with Gasteiger partial charge in [-0.1, -0.05) is 52.7 Å². The second kappa shape index (κ2) is 6.53. The lowest BCUT2D eigenvalue weighted by atomic mass is 9.64. The Kier molecular flexibility index (Phi) is 4.37. The van der Waals surface area contributed by atoms with Crippen molar-refractivity contribution in [2.24, 2.45) is 0 Å². The van der Waals surface area contributed by atoms with E-state index in [0.717, 1.165) is 28.3 Å². The Hall–Kier alpha value is -1.73. The molecule has 0 atom stereocenters. The van der Waals surface area contributed by atoms with Crippen LogP contribution < -0.4 is 10.9 Å². The van der Waals surface area contributed by atoms with Gasteiger partial charge in [0.25, 0.3) is 5.56 Å². The summed E-state index contributed by atoms with van der Waals surface area (Å²) in [5.41, 5.74) is 2.20. The van der Waals surface area contributed by atoms with Crippen molar-refractivity contribution in [2.45, 2.75) is 38.0 Å². The van der Waals surface area contributed by atoms with Crippen LogP contribution >= 0.6 is 27.3 Å². The minimum Gasteiger partial charge on any atom is -0.359 e. The van der Waals surface area contributed by atoms with Gasteiger partial charge in [-0.15, -0.1) is 5.10 Å². The zero-order valence-electron chi connectivity index (χ0n) is 14.0. The lowest BCUT2D eigenvalue weighted by Gasteiger charge is -2.42. The molecule has 1 saturated carbocycles. The van der Waals surface area contributed by atoms with E-state index in [1.54, 1.807) is 6.07 Å². The summed E-state index contributed by atoms with van der Waals surface area (Å²) in [7, 11) is 0. The number of rotatable bonds is 5. The van der Waals surface area contributed by atoms with E-state index in [-0.39, 0.29) is 11.0 Å². The molecule has 0 radical (unpaired) electrons.